The topological polar surface area (TPSA) is 38.3 Å². The first-order valence-electron chi connectivity index (χ1n) is 6.35. The number of nitrogens with one attached hydrogen (secondary N) is 1. The summed E-state index contributed by atoms with van der Waals surface area (Å²) in [5.41, 5.74) is 0.774. The molecule has 0 radical (unpaired) electrons. The normalized spacial score (nSPS) is 11.7. The molecule has 0 aliphatic carbocycles. The molecule has 0 heterocycles. The molecule has 0 saturated carbocycles. The number of ether oxygens (including phenoxy) is 1. The number of hydrogen-bond donors (Lipinski definition) is 1. The van der Waals surface area contributed by atoms with Crippen LogP contribution in [0.1, 0.15) is 6.92 Å². The van der Waals surface area contributed by atoms with Crippen molar-refractivity contribution in [2.45, 2.75) is 17.1 Å². The molecule has 1 N–H and O–H groups in total. The lowest BCUT2D eigenvalue weighted by Crippen LogP contribution is -2.22. The van der Waals surface area contributed by atoms with Crippen LogP contribution in [0, 0.1) is 0 Å². The third-order valence-electron chi connectivity index (χ3n) is 2.78. The lowest BCUT2D eigenvalue weighted by atomic mass is 10.3. The molecule has 2 aromatic rings. The van der Waals surface area contributed by atoms with Crippen molar-refractivity contribution >= 4 is 23.4 Å². The van der Waals surface area contributed by atoms with E-state index >= 15 is 0 Å². The number of methoxy groups -OCH3 is 1. The van der Waals surface area contributed by atoms with Crippen molar-refractivity contribution in [3.8, 4) is 5.75 Å². The molecule has 0 aromatic heterocycles. The highest BCUT2D eigenvalue weighted by atomic mass is 32.2. The molecule has 2 aromatic carbocycles. The smallest absolute Gasteiger partial charge is 0.237 e. The average Bonchev–Trinajstić information content (AvgIpc) is 2.49. The Bertz CT molecular complexity index is 554. The van der Waals surface area contributed by atoms with E-state index in [1.165, 1.54) is 0 Å². The minimum atomic E-state index is -0.153. The van der Waals surface area contributed by atoms with Crippen LogP contribution in [0.5, 0.6) is 5.75 Å². The van der Waals surface area contributed by atoms with E-state index in [2.05, 4.69) is 5.32 Å². The second-order valence-corrected chi connectivity index (χ2v) is 5.71. The summed E-state index contributed by atoms with van der Waals surface area (Å²) in [4.78, 5) is 13.2. The fourth-order valence-electron chi connectivity index (χ4n) is 1.67. The molecule has 1 atom stereocenters. The van der Waals surface area contributed by atoms with Gasteiger partial charge in [-0.2, -0.15) is 0 Å². The van der Waals surface area contributed by atoms with E-state index in [1.807, 2.05) is 61.5 Å². The molecule has 4 heteroatoms. The summed E-state index contributed by atoms with van der Waals surface area (Å²) in [6, 6.07) is 17.2. The van der Waals surface area contributed by atoms with Gasteiger partial charge in [0, 0.05) is 10.6 Å². The summed E-state index contributed by atoms with van der Waals surface area (Å²) in [5.74, 6) is 0.763. The molecule has 2 rings (SSSR count). The number of thioether (sulfide) groups is 1. The standard InChI is InChI=1S/C16H17NO2S/c1-12(20-15-6-4-3-5-7-15)16(18)17-13-8-10-14(19-2)11-9-13/h3-12H,1-2H3,(H,17,18)/t12-/m0/s1. The molecular formula is C16H17NO2S. The summed E-state index contributed by atoms with van der Waals surface area (Å²) in [5, 5.41) is 2.74. The molecule has 0 unspecified atom stereocenters. The first kappa shape index (κ1) is 14.5. The zero-order valence-corrected chi connectivity index (χ0v) is 12.3. The van der Waals surface area contributed by atoms with Crippen LogP contribution < -0.4 is 10.1 Å². The fraction of sp³-hybridized carbons (Fsp3) is 0.188. The zero-order chi connectivity index (χ0) is 14.4. The maximum atomic E-state index is 12.1. The minimum absolute atomic E-state index is 0.0102. The molecule has 3 nitrogen and oxygen atoms in total. The van der Waals surface area contributed by atoms with Gasteiger partial charge in [-0.05, 0) is 43.3 Å². The maximum Gasteiger partial charge on any atom is 0.237 e. The number of rotatable bonds is 5. The Hall–Kier alpha value is -1.94. The van der Waals surface area contributed by atoms with Crippen molar-refractivity contribution in [1.82, 2.24) is 0 Å². The SMILES string of the molecule is COc1ccc(NC(=O)[C@H](C)Sc2ccccc2)cc1. The van der Waals surface area contributed by atoms with Crippen molar-refractivity contribution < 1.29 is 9.53 Å². The maximum absolute atomic E-state index is 12.1. The Morgan fingerprint density at radius 1 is 1.10 bits per heavy atom. The van der Waals surface area contributed by atoms with Crippen molar-refractivity contribution in [3.63, 3.8) is 0 Å². The van der Waals surface area contributed by atoms with Crippen LogP contribution in [0.2, 0.25) is 0 Å². The van der Waals surface area contributed by atoms with Crippen LogP contribution >= 0.6 is 11.8 Å². The molecule has 0 spiro atoms. The van der Waals surface area contributed by atoms with E-state index in [1.54, 1.807) is 18.9 Å². The fourth-order valence-corrected chi connectivity index (χ4v) is 2.56. The molecule has 104 valence electrons. The predicted octanol–water partition coefficient (Wildman–Crippen LogP) is 3.81. The summed E-state index contributed by atoms with van der Waals surface area (Å²) in [6.45, 7) is 1.90. The van der Waals surface area contributed by atoms with Gasteiger partial charge in [0.05, 0.1) is 12.4 Å². The Balaban J connectivity index is 1.93. The van der Waals surface area contributed by atoms with Gasteiger partial charge in [-0.15, -0.1) is 11.8 Å². The van der Waals surface area contributed by atoms with Gasteiger partial charge in [0.2, 0.25) is 5.91 Å². The molecule has 0 saturated heterocycles. The van der Waals surface area contributed by atoms with E-state index in [-0.39, 0.29) is 11.2 Å². The summed E-state index contributed by atoms with van der Waals surface area (Å²) < 4.78 is 5.08. The second-order valence-electron chi connectivity index (χ2n) is 4.29. The number of amides is 1. The van der Waals surface area contributed by atoms with Gasteiger partial charge in [0.15, 0.2) is 0 Å². The van der Waals surface area contributed by atoms with Gasteiger partial charge in [-0.1, -0.05) is 18.2 Å². The highest BCUT2D eigenvalue weighted by Crippen LogP contribution is 2.24. The van der Waals surface area contributed by atoms with Crippen molar-refractivity contribution in [2.75, 3.05) is 12.4 Å². The quantitative estimate of drug-likeness (QED) is 0.850. The number of hydrogen-bond acceptors (Lipinski definition) is 3. The molecular weight excluding hydrogens is 270 g/mol. The van der Waals surface area contributed by atoms with Gasteiger partial charge in [0.25, 0.3) is 0 Å². The first-order valence-corrected chi connectivity index (χ1v) is 7.23. The number of benzene rings is 2. The third kappa shape index (κ3) is 4.03. The molecule has 0 aliphatic rings. The van der Waals surface area contributed by atoms with Gasteiger partial charge in [-0.25, -0.2) is 0 Å². The second kappa shape index (κ2) is 7.01. The van der Waals surface area contributed by atoms with Gasteiger partial charge in [0.1, 0.15) is 5.75 Å². The minimum Gasteiger partial charge on any atom is -0.497 e. The van der Waals surface area contributed by atoms with Crippen molar-refractivity contribution in [1.29, 1.82) is 0 Å². The lowest BCUT2D eigenvalue weighted by Gasteiger charge is -2.12. The van der Waals surface area contributed by atoms with E-state index in [0.29, 0.717) is 0 Å². The Labute approximate surface area is 123 Å². The predicted molar refractivity (Wildman–Crippen MR) is 83.4 cm³/mol. The molecule has 1 amide bonds. The molecule has 20 heavy (non-hydrogen) atoms. The van der Waals surface area contributed by atoms with Crippen LogP contribution in [0.4, 0.5) is 5.69 Å². The largest absolute Gasteiger partial charge is 0.497 e. The monoisotopic (exact) mass is 287 g/mol. The Morgan fingerprint density at radius 3 is 2.35 bits per heavy atom. The molecule has 0 aliphatic heterocycles. The third-order valence-corrected chi connectivity index (χ3v) is 3.89. The van der Waals surface area contributed by atoms with Crippen LogP contribution in [0.15, 0.2) is 59.5 Å². The van der Waals surface area contributed by atoms with Crippen molar-refractivity contribution in [2.24, 2.45) is 0 Å². The lowest BCUT2D eigenvalue weighted by molar-refractivity contribution is -0.115. The van der Waals surface area contributed by atoms with Crippen molar-refractivity contribution in [3.05, 3.63) is 54.6 Å². The average molecular weight is 287 g/mol. The van der Waals surface area contributed by atoms with Crippen LogP contribution in [-0.2, 0) is 4.79 Å². The highest BCUT2D eigenvalue weighted by Gasteiger charge is 2.14. The van der Waals surface area contributed by atoms with Crippen LogP contribution in [0.25, 0.3) is 0 Å². The van der Waals surface area contributed by atoms with E-state index in [9.17, 15) is 4.79 Å². The van der Waals surface area contributed by atoms with Gasteiger partial charge >= 0.3 is 0 Å². The van der Waals surface area contributed by atoms with E-state index in [4.69, 9.17) is 4.74 Å². The number of carbonyl (C=O) groups is 1. The van der Waals surface area contributed by atoms with Crippen LogP contribution in [0.3, 0.4) is 0 Å². The Morgan fingerprint density at radius 2 is 1.75 bits per heavy atom. The van der Waals surface area contributed by atoms with E-state index < -0.39 is 0 Å². The Kier molecular flexibility index (Phi) is 5.07. The number of anilines is 1. The molecule has 0 bridgehead atoms. The molecule has 0 fully saturated rings. The summed E-state index contributed by atoms with van der Waals surface area (Å²) in [7, 11) is 1.62. The van der Waals surface area contributed by atoms with Gasteiger partial charge < -0.3 is 10.1 Å². The summed E-state index contributed by atoms with van der Waals surface area (Å²) in [6.07, 6.45) is 0. The number of carbonyl (C=O) groups excluding carboxylic acids is 1. The highest BCUT2D eigenvalue weighted by molar-refractivity contribution is 8.00. The van der Waals surface area contributed by atoms with E-state index in [0.717, 1.165) is 16.3 Å². The van der Waals surface area contributed by atoms with Gasteiger partial charge in [-0.3, -0.25) is 4.79 Å². The zero-order valence-electron chi connectivity index (χ0n) is 11.5. The summed E-state index contributed by atoms with van der Waals surface area (Å²) >= 11 is 1.54. The van der Waals surface area contributed by atoms with Crippen LogP contribution in [-0.4, -0.2) is 18.3 Å². The first-order chi connectivity index (χ1) is 9.69.